The van der Waals surface area contributed by atoms with Crippen molar-refractivity contribution in [2.45, 2.75) is 38.3 Å². The first kappa shape index (κ1) is 19.5. The number of hydrogen-bond acceptors (Lipinski definition) is 4. The molecule has 0 saturated heterocycles. The molecule has 6 nitrogen and oxygen atoms in total. The van der Waals surface area contributed by atoms with Gasteiger partial charge in [0, 0.05) is 17.0 Å². The van der Waals surface area contributed by atoms with E-state index in [1.165, 1.54) is 31.5 Å². The number of rotatable bonds is 4. The highest BCUT2D eigenvalue weighted by Gasteiger charge is 2.33. The van der Waals surface area contributed by atoms with E-state index in [1.807, 2.05) is 0 Å². The van der Waals surface area contributed by atoms with Gasteiger partial charge in [-0.05, 0) is 62.6 Å². The van der Waals surface area contributed by atoms with Crippen molar-refractivity contribution in [3.8, 4) is 23.7 Å². The van der Waals surface area contributed by atoms with E-state index in [1.54, 1.807) is 0 Å². The van der Waals surface area contributed by atoms with Crippen molar-refractivity contribution in [1.82, 2.24) is 10.8 Å². The van der Waals surface area contributed by atoms with E-state index in [2.05, 4.69) is 29.0 Å². The Bertz CT molecular complexity index is 834. The van der Waals surface area contributed by atoms with Crippen LogP contribution in [0.2, 0.25) is 0 Å². The van der Waals surface area contributed by atoms with Crippen LogP contribution in [0.5, 0.6) is 0 Å². The van der Waals surface area contributed by atoms with Crippen LogP contribution in [0.1, 0.15) is 42.6 Å². The third-order valence-electron chi connectivity index (χ3n) is 3.74. The molecule has 2 rings (SSSR count). The zero-order valence-electron chi connectivity index (χ0n) is 14.5. The fourth-order valence-corrected chi connectivity index (χ4v) is 2.09. The largest absolute Gasteiger partial charge is 0.338 e. The van der Waals surface area contributed by atoms with E-state index >= 15 is 0 Å². The summed E-state index contributed by atoms with van der Waals surface area (Å²) in [6, 6.07) is 2.56. The van der Waals surface area contributed by atoms with Crippen molar-refractivity contribution in [2.75, 3.05) is 0 Å². The first-order chi connectivity index (χ1) is 12.2. The number of hydrogen-bond donors (Lipinski definition) is 4. The minimum absolute atomic E-state index is 0.00268. The summed E-state index contributed by atoms with van der Waals surface area (Å²) in [7, 11) is 0. The summed E-state index contributed by atoms with van der Waals surface area (Å²) in [5.74, 6) is 8.99. The molecule has 2 amide bonds. The van der Waals surface area contributed by atoms with E-state index in [4.69, 9.17) is 10.9 Å². The normalized spacial score (nSPS) is 14.2. The first-order valence-electron chi connectivity index (χ1n) is 8.07. The van der Waals surface area contributed by atoms with Crippen LogP contribution in [-0.4, -0.2) is 28.6 Å². The van der Waals surface area contributed by atoms with Crippen LogP contribution in [0.4, 0.5) is 4.39 Å². The standard InChI is InChI=1S/C19H20FN3O3/c1-19(2,21)16(18(25)23-26)22-17(24)14-10-9-13(15(20)11-14)6-4-3-5-12-7-8-12/h9-12,16,26H,7-8,21H2,1-2H3,(H,22,24)(H,23,25)/t16-/m1/s1. The number of halogens is 1. The molecule has 7 heteroatoms. The van der Waals surface area contributed by atoms with Gasteiger partial charge in [-0.3, -0.25) is 14.8 Å². The number of nitrogens with one attached hydrogen (secondary N) is 2. The number of amides is 2. The van der Waals surface area contributed by atoms with Crippen LogP contribution in [0.3, 0.4) is 0 Å². The molecular formula is C19H20FN3O3. The summed E-state index contributed by atoms with van der Waals surface area (Å²) in [4.78, 5) is 24.0. The van der Waals surface area contributed by atoms with Gasteiger partial charge in [0.25, 0.3) is 11.8 Å². The molecule has 5 N–H and O–H groups in total. The maximum atomic E-state index is 14.1. The van der Waals surface area contributed by atoms with Crippen LogP contribution in [0, 0.1) is 35.4 Å². The topological polar surface area (TPSA) is 104 Å². The van der Waals surface area contributed by atoms with Crippen LogP contribution < -0.4 is 16.5 Å². The maximum Gasteiger partial charge on any atom is 0.267 e. The minimum atomic E-state index is -1.21. The van der Waals surface area contributed by atoms with Gasteiger partial charge in [0.1, 0.15) is 11.9 Å². The molecule has 0 spiro atoms. The molecule has 136 valence electrons. The molecule has 1 aromatic rings. The molecule has 1 atom stereocenters. The summed E-state index contributed by atoms with van der Waals surface area (Å²) in [5.41, 5.74) is 6.26. The van der Waals surface area contributed by atoms with Gasteiger partial charge >= 0.3 is 0 Å². The average Bonchev–Trinajstić information content (AvgIpc) is 3.40. The third-order valence-corrected chi connectivity index (χ3v) is 3.74. The van der Waals surface area contributed by atoms with Gasteiger partial charge in [0.05, 0.1) is 5.56 Å². The fraction of sp³-hybridized carbons (Fsp3) is 0.368. The highest BCUT2D eigenvalue weighted by atomic mass is 19.1. The molecule has 0 heterocycles. The zero-order valence-corrected chi connectivity index (χ0v) is 14.5. The molecule has 0 aromatic heterocycles. The van der Waals surface area contributed by atoms with Crippen LogP contribution in [0.15, 0.2) is 18.2 Å². The average molecular weight is 357 g/mol. The predicted octanol–water partition coefficient (Wildman–Crippen LogP) is 0.932. The summed E-state index contributed by atoms with van der Waals surface area (Å²) >= 11 is 0. The molecule has 1 aromatic carbocycles. The number of carbonyl (C=O) groups is 2. The lowest BCUT2D eigenvalue weighted by Crippen LogP contribution is -2.61. The molecule has 0 bridgehead atoms. The van der Waals surface area contributed by atoms with Crippen molar-refractivity contribution in [3.05, 3.63) is 35.1 Å². The van der Waals surface area contributed by atoms with Crippen molar-refractivity contribution < 1.29 is 19.2 Å². The van der Waals surface area contributed by atoms with Gasteiger partial charge in [-0.15, -0.1) is 0 Å². The highest BCUT2D eigenvalue weighted by Crippen LogP contribution is 2.27. The predicted molar refractivity (Wildman–Crippen MR) is 93.2 cm³/mol. The van der Waals surface area contributed by atoms with E-state index in [0.717, 1.165) is 18.9 Å². The van der Waals surface area contributed by atoms with Crippen LogP contribution in [-0.2, 0) is 4.79 Å². The van der Waals surface area contributed by atoms with E-state index in [9.17, 15) is 14.0 Å². The summed E-state index contributed by atoms with van der Waals surface area (Å²) < 4.78 is 14.1. The molecule has 0 radical (unpaired) electrons. The molecule has 0 unspecified atom stereocenters. The van der Waals surface area contributed by atoms with Crippen LogP contribution in [0.25, 0.3) is 0 Å². The third kappa shape index (κ3) is 5.32. The Morgan fingerprint density at radius 3 is 2.58 bits per heavy atom. The summed E-state index contributed by atoms with van der Waals surface area (Å²) in [6.07, 6.45) is 2.17. The highest BCUT2D eigenvalue weighted by molar-refractivity contribution is 5.98. The monoisotopic (exact) mass is 357 g/mol. The first-order valence-corrected chi connectivity index (χ1v) is 8.07. The molecule has 1 aliphatic carbocycles. The number of nitrogens with two attached hydrogens (primary N) is 1. The Labute approximate surface area is 151 Å². The second-order valence-electron chi connectivity index (χ2n) is 6.69. The van der Waals surface area contributed by atoms with Crippen molar-refractivity contribution in [2.24, 2.45) is 11.7 Å². The lowest BCUT2D eigenvalue weighted by atomic mass is 9.95. The van der Waals surface area contributed by atoms with E-state index in [-0.39, 0.29) is 11.1 Å². The number of benzene rings is 1. The Morgan fingerprint density at radius 2 is 2.04 bits per heavy atom. The van der Waals surface area contributed by atoms with Crippen LogP contribution >= 0.6 is 0 Å². The number of hydroxylamine groups is 1. The van der Waals surface area contributed by atoms with Crippen molar-refractivity contribution in [1.29, 1.82) is 0 Å². The second-order valence-corrected chi connectivity index (χ2v) is 6.69. The minimum Gasteiger partial charge on any atom is -0.338 e. The van der Waals surface area contributed by atoms with Gasteiger partial charge in [-0.25, -0.2) is 9.87 Å². The fourth-order valence-electron chi connectivity index (χ4n) is 2.09. The lowest BCUT2D eigenvalue weighted by molar-refractivity contribution is -0.132. The molecule has 0 aliphatic heterocycles. The Kier molecular flexibility index (Phi) is 5.99. The van der Waals surface area contributed by atoms with Gasteiger partial charge in [-0.1, -0.05) is 5.92 Å². The smallest absolute Gasteiger partial charge is 0.267 e. The van der Waals surface area contributed by atoms with Crippen molar-refractivity contribution >= 4 is 11.8 Å². The lowest BCUT2D eigenvalue weighted by Gasteiger charge is -2.29. The van der Waals surface area contributed by atoms with E-state index in [0.29, 0.717) is 5.92 Å². The maximum absolute atomic E-state index is 14.1. The quantitative estimate of drug-likeness (QED) is 0.366. The second kappa shape index (κ2) is 8.01. The van der Waals surface area contributed by atoms with Gasteiger partial charge in [0.2, 0.25) is 0 Å². The molecule has 1 fully saturated rings. The molecule has 26 heavy (non-hydrogen) atoms. The molecular weight excluding hydrogens is 337 g/mol. The number of carbonyl (C=O) groups excluding carboxylic acids is 2. The van der Waals surface area contributed by atoms with Gasteiger partial charge in [-0.2, -0.15) is 0 Å². The zero-order chi connectivity index (χ0) is 19.3. The Morgan fingerprint density at radius 1 is 1.35 bits per heavy atom. The Hall–Kier alpha value is -2.87. The molecule has 1 aliphatic rings. The Balaban J connectivity index is 2.13. The summed E-state index contributed by atoms with van der Waals surface area (Å²) in [5, 5.41) is 11.2. The van der Waals surface area contributed by atoms with E-state index < -0.39 is 29.2 Å². The molecule has 1 saturated carbocycles. The van der Waals surface area contributed by atoms with Gasteiger partial charge in [0.15, 0.2) is 0 Å². The van der Waals surface area contributed by atoms with Crippen molar-refractivity contribution in [3.63, 3.8) is 0 Å². The van der Waals surface area contributed by atoms with Gasteiger partial charge < -0.3 is 11.1 Å². The SMILES string of the molecule is CC(C)(N)[C@H](NC(=O)c1ccc(C#CC#CC2CC2)c(F)c1)C(=O)NO. The summed E-state index contributed by atoms with van der Waals surface area (Å²) in [6.45, 7) is 3.02.